The highest BCUT2D eigenvalue weighted by atomic mass is 19.4. The molecule has 1 aliphatic rings. The maximum absolute atomic E-state index is 12.5. The molecule has 1 unspecified atom stereocenters. The lowest BCUT2D eigenvalue weighted by Gasteiger charge is -2.23. The van der Waals surface area contributed by atoms with Crippen molar-refractivity contribution in [3.05, 3.63) is 23.7 Å². The molecule has 11 heteroatoms. The van der Waals surface area contributed by atoms with Crippen molar-refractivity contribution in [3.8, 4) is 0 Å². The van der Waals surface area contributed by atoms with Crippen molar-refractivity contribution < 1.29 is 13.2 Å². The van der Waals surface area contributed by atoms with Crippen LogP contribution in [0.25, 0.3) is 0 Å². The van der Waals surface area contributed by atoms with Crippen molar-refractivity contribution in [1.82, 2.24) is 35.3 Å². The summed E-state index contributed by atoms with van der Waals surface area (Å²) in [6, 6.07) is 3.41. The van der Waals surface area contributed by atoms with Crippen LogP contribution < -0.4 is 5.73 Å². The van der Waals surface area contributed by atoms with E-state index < -0.39 is 12.7 Å². The molecule has 2 aromatic heterocycles. The second kappa shape index (κ2) is 6.07. The van der Waals surface area contributed by atoms with Gasteiger partial charge in [-0.3, -0.25) is 4.90 Å². The minimum Gasteiger partial charge on any atom is -0.382 e. The van der Waals surface area contributed by atoms with Crippen molar-refractivity contribution >= 4 is 5.82 Å². The fraction of sp³-hybridized carbons (Fsp3) is 0.583. The molecule has 8 nitrogen and oxygen atoms in total. The molecule has 124 valence electrons. The second-order valence-electron chi connectivity index (χ2n) is 5.38. The molecule has 3 rings (SSSR count). The Morgan fingerprint density at radius 3 is 2.74 bits per heavy atom. The fourth-order valence-electron chi connectivity index (χ4n) is 2.69. The number of alkyl halides is 3. The van der Waals surface area contributed by atoms with Crippen LogP contribution >= 0.6 is 0 Å². The average Bonchev–Trinajstić information content (AvgIpc) is 3.09. The summed E-state index contributed by atoms with van der Waals surface area (Å²) < 4.78 is 38.4. The van der Waals surface area contributed by atoms with Crippen LogP contribution in [0.4, 0.5) is 19.0 Å². The molecule has 0 spiro atoms. The molecule has 1 saturated heterocycles. The molecule has 3 heterocycles. The standard InChI is InChI=1S/C12H15F3N8/c13-12(14,15)7-23-11(19-20-21-23)6-22-5-1-2-9(22)8-3-4-10(16)18-17-8/h3-4,9H,1-2,5-7H2,(H2,16,18). The topological polar surface area (TPSA) is 98.6 Å². The van der Waals surface area contributed by atoms with Crippen LogP contribution in [0.5, 0.6) is 0 Å². The van der Waals surface area contributed by atoms with Gasteiger partial charge in [0.25, 0.3) is 0 Å². The number of likely N-dealkylation sites (tertiary alicyclic amines) is 1. The highest BCUT2D eigenvalue weighted by molar-refractivity contribution is 5.26. The Labute approximate surface area is 129 Å². The number of nitrogen functional groups attached to an aromatic ring is 1. The Morgan fingerprint density at radius 1 is 1.22 bits per heavy atom. The Morgan fingerprint density at radius 2 is 2.04 bits per heavy atom. The third-order valence-corrected chi connectivity index (χ3v) is 3.69. The molecular formula is C12H15F3N8. The van der Waals surface area contributed by atoms with Crippen molar-refractivity contribution in [3.63, 3.8) is 0 Å². The Kier molecular flexibility index (Phi) is 4.11. The van der Waals surface area contributed by atoms with Crippen LogP contribution in [0.2, 0.25) is 0 Å². The first-order valence-corrected chi connectivity index (χ1v) is 7.07. The van der Waals surface area contributed by atoms with Gasteiger partial charge in [0.15, 0.2) is 5.82 Å². The minimum atomic E-state index is -4.36. The number of nitrogens with zero attached hydrogens (tertiary/aromatic N) is 7. The summed E-state index contributed by atoms with van der Waals surface area (Å²) in [5.41, 5.74) is 6.27. The number of rotatable bonds is 4. The van der Waals surface area contributed by atoms with Gasteiger partial charge in [0.2, 0.25) is 0 Å². The number of aromatic nitrogens is 6. The third kappa shape index (κ3) is 3.73. The molecule has 2 aromatic rings. The lowest BCUT2D eigenvalue weighted by atomic mass is 10.1. The quantitative estimate of drug-likeness (QED) is 0.892. The molecule has 0 saturated carbocycles. The van der Waals surface area contributed by atoms with Crippen LogP contribution in [0.1, 0.15) is 30.4 Å². The number of tetrazole rings is 1. The van der Waals surface area contributed by atoms with E-state index >= 15 is 0 Å². The Bertz CT molecular complexity index is 653. The van der Waals surface area contributed by atoms with Crippen LogP contribution in [-0.4, -0.2) is 48.0 Å². The van der Waals surface area contributed by atoms with Gasteiger partial charge in [-0.25, -0.2) is 4.68 Å². The van der Waals surface area contributed by atoms with E-state index in [0.29, 0.717) is 5.82 Å². The van der Waals surface area contributed by atoms with E-state index in [0.717, 1.165) is 29.8 Å². The van der Waals surface area contributed by atoms with Gasteiger partial charge in [-0.15, -0.1) is 10.2 Å². The fourth-order valence-corrected chi connectivity index (χ4v) is 2.69. The first kappa shape index (κ1) is 15.6. The number of halogens is 3. The summed E-state index contributed by atoms with van der Waals surface area (Å²) in [5.74, 6) is 0.505. The zero-order valence-corrected chi connectivity index (χ0v) is 12.1. The van der Waals surface area contributed by atoms with Gasteiger partial charge in [-0.1, -0.05) is 0 Å². The summed E-state index contributed by atoms with van der Waals surface area (Å²) in [6.07, 6.45) is -2.60. The molecule has 1 fully saturated rings. The molecule has 0 bridgehead atoms. The first-order valence-electron chi connectivity index (χ1n) is 7.07. The zero-order valence-electron chi connectivity index (χ0n) is 12.1. The second-order valence-corrected chi connectivity index (χ2v) is 5.38. The van der Waals surface area contributed by atoms with Gasteiger partial charge < -0.3 is 5.73 Å². The van der Waals surface area contributed by atoms with Crippen LogP contribution in [-0.2, 0) is 13.1 Å². The molecule has 2 N–H and O–H groups in total. The highest BCUT2D eigenvalue weighted by Gasteiger charge is 2.32. The lowest BCUT2D eigenvalue weighted by Crippen LogP contribution is -2.27. The molecule has 0 radical (unpaired) electrons. The number of anilines is 1. The molecule has 0 aliphatic carbocycles. The zero-order chi connectivity index (χ0) is 16.4. The normalized spacial score (nSPS) is 19.3. The van der Waals surface area contributed by atoms with Crippen molar-refractivity contribution in [2.24, 2.45) is 0 Å². The van der Waals surface area contributed by atoms with Gasteiger partial charge >= 0.3 is 6.18 Å². The molecular weight excluding hydrogens is 313 g/mol. The van der Waals surface area contributed by atoms with E-state index in [1.165, 1.54) is 0 Å². The van der Waals surface area contributed by atoms with Gasteiger partial charge in [0, 0.05) is 0 Å². The van der Waals surface area contributed by atoms with E-state index in [9.17, 15) is 13.2 Å². The first-order chi connectivity index (χ1) is 10.9. The Balaban J connectivity index is 1.74. The number of hydrogen-bond donors (Lipinski definition) is 1. The van der Waals surface area contributed by atoms with Gasteiger partial charge in [0.05, 0.1) is 18.3 Å². The van der Waals surface area contributed by atoms with Crippen molar-refractivity contribution in [2.45, 2.75) is 38.1 Å². The maximum atomic E-state index is 12.5. The van der Waals surface area contributed by atoms with E-state index in [4.69, 9.17) is 5.73 Å². The maximum Gasteiger partial charge on any atom is 0.408 e. The smallest absolute Gasteiger partial charge is 0.382 e. The summed E-state index contributed by atoms with van der Waals surface area (Å²) >= 11 is 0. The number of nitrogens with two attached hydrogens (primary N) is 1. The minimum absolute atomic E-state index is 0.0286. The van der Waals surface area contributed by atoms with E-state index in [2.05, 4.69) is 25.7 Å². The van der Waals surface area contributed by atoms with E-state index in [1.54, 1.807) is 12.1 Å². The molecule has 1 atom stereocenters. The predicted molar refractivity (Wildman–Crippen MR) is 72.7 cm³/mol. The predicted octanol–water partition coefficient (Wildman–Crippen LogP) is 0.945. The molecule has 0 amide bonds. The van der Waals surface area contributed by atoms with Gasteiger partial charge in [0.1, 0.15) is 12.4 Å². The SMILES string of the molecule is Nc1ccc(C2CCCN2Cc2nnnn2CC(F)(F)F)nn1. The summed E-state index contributed by atoms with van der Waals surface area (Å²) in [5, 5.41) is 18.4. The average molecular weight is 328 g/mol. The van der Waals surface area contributed by atoms with Crippen LogP contribution in [0.3, 0.4) is 0 Å². The van der Waals surface area contributed by atoms with Crippen molar-refractivity contribution in [2.75, 3.05) is 12.3 Å². The summed E-state index contributed by atoms with van der Waals surface area (Å²) in [7, 11) is 0. The summed E-state index contributed by atoms with van der Waals surface area (Å²) in [6.45, 7) is -0.245. The lowest BCUT2D eigenvalue weighted by molar-refractivity contribution is -0.143. The number of hydrogen-bond acceptors (Lipinski definition) is 7. The van der Waals surface area contributed by atoms with Crippen molar-refractivity contribution in [1.29, 1.82) is 0 Å². The van der Waals surface area contributed by atoms with E-state index in [-0.39, 0.29) is 18.4 Å². The van der Waals surface area contributed by atoms with E-state index in [1.807, 2.05) is 4.90 Å². The Hall–Kier alpha value is -2.30. The van der Waals surface area contributed by atoms with Crippen LogP contribution in [0.15, 0.2) is 12.1 Å². The van der Waals surface area contributed by atoms with Gasteiger partial charge in [-0.2, -0.15) is 18.3 Å². The highest BCUT2D eigenvalue weighted by Crippen LogP contribution is 2.31. The molecule has 23 heavy (non-hydrogen) atoms. The largest absolute Gasteiger partial charge is 0.408 e. The molecule has 0 aromatic carbocycles. The third-order valence-electron chi connectivity index (χ3n) is 3.69. The van der Waals surface area contributed by atoms with Crippen LogP contribution in [0, 0.1) is 0 Å². The monoisotopic (exact) mass is 328 g/mol. The molecule has 1 aliphatic heterocycles. The summed E-state index contributed by atoms with van der Waals surface area (Å²) in [4.78, 5) is 2.00. The van der Waals surface area contributed by atoms with Gasteiger partial charge in [-0.05, 0) is 41.9 Å².